The minimum atomic E-state index is -1.14. The highest BCUT2D eigenvalue weighted by Crippen LogP contribution is 2.35. The molecule has 1 aromatic rings. The van der Waals surface area contributed by atoms with Crippen molar-refractivity contribution in [2.45, 2.75) is 18.1 Å². The zero-order valence-corrected chi connectivity index (χ0v) is 9.67. The van der Waals surface area contributed by atoms with Gasteiger partial charge >= 0.3 is 0 Å². The van der Waals surface area contributed by atoms with Gasteiger partial charge in [0.1, 0.15) is 6.20 Å². The quantitative estimate of drug-likeness (QED) is 0.306. The minimum Gasteiger partial charge on any atom is -0.641 e. The van der Waals surface area contributed by atoms with Crippen LogP contribution in [0.1, 0.15) is 23.7 Å². The summed E-state index contributed by atoms with van der Waals surface area (Å²) in [4.78, 5) is 0. The zero-order valence-electron chi connectivity index (χ0n) is 8.85. The summed E-state index contributed by atoms with van der Waals surface area (Å²) in [6.07, 6.45) is 6.43. The standard InChI is InChI=1S/C11H15N2OS/c1-12-15(2)8-4-6-11(15)10-5-3-7-13(14)9-10/h3,5,9,11H,2,4,6,8H2,1H3/q-1. The lowest BCUT2D eigenvalue weighted by atomic mass is 10.1. The molecule has 15 heavy (non-hydrogen) atoms. The van der Waals surface area contributed by atoms with Gasteiger partial charge in [0.2, 0.25) is 0 Å². The summed E-state index contributed by atoms with van der Waals surface area (Å²) in [5, 5.41) is 11.5. The zero-order chi connectivity index (χ0) is 10.9. The SMILES string of the molecule is C=S1(=NC)CCCC1c1cc[c-][n+]([O-])c1. The Kier molecular flexibility index (Phi) is 2.69. The molecule has 0 spiro atoms. The Morgan fingerprint density at radius 1 is 1.73 bits per heavy atom. The first-order valence-electron chi connectivity index (χ1n) is 5.00. The van der Waals surface area contributed by atoms with E-state index < -0.39 is 9.41 Å². The summed E-state index contributed by atoms with van der Waals surface area (Å²) in [5.41, 5.74) is 1.07. The molecule has 3 nitrogen and oxygen atoms in total. The van der Waals surface area contributed by atoms with Crippen LogP contribution in [0.25, 0.3) is 0 Å². The smallest absolute Gasteiger partial charge is 0.125 e. The first-order chi connectivity index (χ1) is 7.15. The van der Waals surface area contributed by atoms with Crippen molar-refractivity contribution in [3.63, 3.8) is 0 Å². The van der Waals surface area contributed by atoms with Crippen LogP contribution in [0.5, 0.6) is 0 Å². The molecule has 0 saturated carbocycles. The van der Waals surface area contributed by atoms with Crippen LogP contribution in [0.4, 0.5) is 0 Å². The molecule has 1 aliphatic rings. The molecule has 1 saturated heterocycles. The molecule has 4 heteroatoms. The summed E-state index contributed by atoms with van der Waals surface area (Å²) < 4.78 is 5.20. The lowest BCUT2D eigenvalue weighted by Crippen LogP contribution is -2.26. The van der Waals surface area contributed by atoms with Gasteiger partial charge in [0.25, 0.3) is 0 Å². The number of nitrogens with zero attached hydrogens (tertiary/aromatic N) is 2. The van der Waals surface area contributed by atoms with Gasteiger partial charge in [0.05, 0.1) is 6.20 Å². The Morgan fingerprint density at radius 2 is 2.53 bits per heavy atom. The molecule has 2 atom stereocenters. The van der Waals surface area contributed by atoms with Gasteiger partial charge in [0.15, 0.2) is 0 Å². The summed E-state index contributed by atoms with van der Waals surface area (Å²) in [6.45, 7) is 0. The van der Waals surface area contributed by atoms with Crippen LogP contribution in [0.15, 0.2) is 22.7 Å². The normalized spacial score (nSPS) is 30.3. The largest absolute Gasteiger partial charge is 0.641 e. The number of hydrogen-bond donors (Lipinski definition) is 0. The molecule has 2 unspecified atom stereocenters. The molecule has 0 radical (unpaired) electrons. The summed E-state index contributed by atoms with van der Waals surface area (Å²) in [5.74, 6) is 5.36. The number of hydrogen-bond acceptors (Lipinski definition) is 2. The molecule has 0 aliphatic carbocycles. The molecular weight excluding hydrogens is 208 g/mol. The molecule has 1 aromatic heterocycles. The number of aromatic nitrogens is 1. The molecule has 82 valence electrons. The van der Waals surface area contributed by atoms with Crippen LogP contribution >= 0.6 is 0 Å². The van der Waals surface area contributed by atoms with Gasteiger partial charge in [-0.15, -0.1) is 15.5 Å². The fourth-order valence-electron chi connectivity index (χ4n) is 2.13. The molecule has 2 heterocycles. The predicted octanol–water partition coefficient (Wildman–Crippen LogP) is 1.35. The van der Waals surface area contributed by atoms with Crippen molar-refractivity contribution in [1.29, 1.82) is 0 Å². The highest BCUT2D eigenvalue weighted by molar-refractivity contribution is 8.02. The Bertz CT molecular complexity index is 475. The second-order valence-corrected chi connectivity index (χ2v) is 6.98. The molecule has 0 N–H and O–H groups in total. The van der Waals surface area contributed by atoms with Crippen molar-refractivity contribution >= 4 is 15.3 Å². The van der Waals surface area contributed by atoms with Gasteiger partial charge in [-0.25, -0.2) is 0 Å². The molecule has 1 aliphatic heterocycles. The second-order valence-electron chi connectivity index (χ2n) is 3.84. The van der Waals surface area contributed by atoms with Gasteiger partial charge in [-0.3, -0.25) is 9.09 Å². The summed E-state index contributed by atoms with van der Waals surface area (Å²) in [7, 11) is 0.705. The van der Waals surface area contributed by atoms with Crippen LogP contribution in [-0.2, 0) is 9.41 Å². The van der Waals surface area contributed by atoms with E-state index in [9.17, 15) is 5.21 Å². The Morgan fingerprint density at radius 3 is 3.20 bits per heavy atom. The van der Waals surface area contributed by atoms with E-state index >= 15 is 0 Å². The lowest BCUT2D eigenvalue weighted by molar-refractivity contribution is -0.610. The minimum absolute atomic E-state index is 0.359. The van der Waals surface area contributed by atoms with E-state index in [2.05, 4.69) is 16.4 Å². The Hall–Kier alpha value is -1.03. The molecule has 2 rings (SSSR count). The monoisotopic (exact) mass is 223 g/mol. The number of pyridine rings is 1. The van der Waals surface area contributed by atoms with E-state index in [-0.39, 0.29) is 0 Å². The van der Waals surface area contributed by atoms with Crippen molar-refractivity contribution < 1.29 is 4.73 Å². The van der Waals surface area contributed by atoms with Crippen molar-refractivity contribution in [3.05, 3.63) is 35.3 Å². The Labute approximate surface area is 91.0 Å². The third-order valence-corrected chi connectivity index (χ3v) is 6.26. The maximum atomic E-state index is 11.2. The molecule has 0 aromatic carbocycles. The van der Waals surface area contributed by atoms with Gasteiger partial charge < -0.3 is 5.21 Å². The maximum absolute atomic E-state index is 11.2. The van der Waals surface area contributed by atoms with Crippen LogP contribution in [-0.4, -0.2) is 18.7 Å². The average Bonchev–Trinajstić information content (AvgIpc) is 2.61. The molecular formula is C11H15N2OS-. The van der Waals surface area contributed by atoms with Crippen LogP contribution in [0.2, 0.25) is 0 Å². The first-order valence-corrected chi connectivity index (χ1v) is 6.99. The van der Waals surface area contributed by atoms with E-state index in [0.29, 0.717) is 5.25 Å². The highest BCUT2D eigenvalue weighted by Gasteiger charge is 2.24. The van der Waals surface area contributed by atoms with E-state index in [0.717, 1.165) is 28.9 Å². The van der Waals surface area contributed by atoms with Gasteiger partial charge in [0, 0.05) is 12.3 Å². The van der Waals surface area contributed by atoms with E-state index in [1.54, 1.807) is 12.3 Å². The first kappa shape index (κ1) is 10.5. The van der Waals surface area contributed by atoms with Crippen molar-refractivity contribution in [2.75, 3.05) is 12.8 Å². The number of rotatable bonds is 1. The van der Waals surface area contributed by atoms with E-state index in [4.69, 9.17) is 0 Å². The van der Waals surface area contributed by atoms with Crippen molar-refractivity contribution in [3.8, 4) is 0 Å². The molecule has 1 fully saturated rings. The Balaban J connectivity index is 2.44. The molecule has 0 amide bonds. The van der Waals surface area contributed by atoms with Crippen LogP contribution in [0.3, 0.4) is 0 Å². The van der Waals surface area contributed by atoms with E-state index in [1.807, 2.05) is 13.1 Å². The fourth-order valence-corrected chi connectivity index (χ4v) is 4.77. The van der Waals surface area contributed by atoms with Crippen molar-refractivity contribution in [2.24, 2.45) is 4.36 Å². The van der Waals surface area contributed by atoms with Gasteiger partial charge in [-0.1, -0.05) is 11.4 Å². The predicted molar refractivity (Wildman–Crippen MR) is 63.9 cm³/mol. The highest BCUT2D eigenvalue weighted by atomic mass is 32.2. The topological polar surface area (TPSA) is 39.3 Å². The van der Waals surface area contributed by atoms with Crippen LogP contribution in [0, 0.1) is 11.4 Å². The second kappa shape index (κ2) is 3.85. The average molecular weight is 223 g/mol. The third-order valence-electron chi connectivity index (χ3n) is 2.97. The van der Waals surface area contributed by atoms with Crippen molar-refractivity contribution in [1.82, 2.24) is 0 Å². The van der Waals surface area contributed by atoms with Gasteiger partial charge in [-0.05, 0) is 18.6 Å². The fraction of sp³-hybridized carbons (Fsp3) is 0.455. The lowest BCUT2D eigenvalue weighted by Gasteiger charge is -2.20. The maximum Gasteiger partial charge on any atom is 0.125 e. The van der Waals surface area contributed by atoms with E-state index in [1.165, 1.54) is 0 Å². The third kappa shape index (κ3) is 1.86. The van der Waals surface area contributed by atoms with Gasteiger partial charge in [-0.2, -0.15) is 6.07 Å². The van der Waals surface area contributed by atoms with Crippen LogP contribution < -0.4 is 4.73 Å². The molecule has 0 bridgehead atoms. The summed E-state index contributed by atoms with van der Waals surface area (Å²) >= 11 is 0. The summed E-state index contributed by atoms with van der Waals surface area (Å²) in [6, 6.07) is 3.64.